The van der Waals surface area contributed by atoms with Crippen molar-refractivity contribution >= 4 is 21.7 Å². The summed E-state index contributed by atoms with van der Waals surface area (Å²) >= 11 is 6.20. The summed E-state index contributed by atoms with van der Waals surface area (Å²) in [5.41, 5.74) is 1.80. The van der Waals surface area contributed by atoms with Crippen molar-refractivity contribution in [3.63, 3.8) is 0 Å². The summed E-state index contributed by atoms with van der Waals surface area (Å²) in [5.74, 6) is -1.92. The second-order valence-electron chi connectivity index (χ2n) is 6.25. The summed E-state index contributed by atoms with van der Waals surface area (Å²) in [4.78, 5) is 0. The highest BCUT2D eigenvalue weighted by atomic mass is 35.5. The fourth-order valence-electron chi connectivity index (χ4n) is 3.41. The molecule has 7 nitrogen and oxygen atoms in total. The molecule has 2 aromatic rings. The molecule has 1 heterocycles. The molecule has 0 saturated heterocycles. The van der Waals surface area contributed by atoms with Crippen LogP contribution in [0.4, 0.5) is 0 Å². The van der Waals surface area contributed by atoms with E-state index in [2.05, 4.69) is 5.32 Å². The van der Waals surface area contributed by atoms with E-state index in [1.807, 2.05) is 0 Å². The Morgan fingerprint density at radius 3 is 2.42 bits per heavy atom. The Morgan fingerprint density at radius 2 is 1.81 bits per heavy atom. The normalized spacial score (nSPS) is 20.4. The van der Waals surface area contributed by atoms with Crippen LogP contribution in [0.15, 0.2) is 30.3 Å². The van der Waals surface area contributed by atoms with E-state index in [0.717, 1.165) is 0 Å². The van der Waals surface area contributed by atoms with Crippen molar-refractivity contribution in [1.82, 2.24) is 5.32 Å². The van der Waals surface area contributed by atoms with Crippen molar-refractivity contribution in [3.8, 4) is 17.2 Å². The fourth-order valence-corrected chi connectivity index (χ4v) is 4.47. The van der Waals surface area contributed by atoms with Gasteiger partial charge >= 0.3 is 0 Å². The van der Waals surface area contributed by atoms with E-state index in [1.165, 1.54) is 18.2 Å². The molecule has 2 aromatic carbocycles. The largest absolute Gasteiger partial charge is 0.508 e. The van der Waals surface area contributed by atoms with Crippen LogP contribution in [0.2, 0.25) is 5.02 Å². The minimum absolute atomic E-state index is 0.0121. The molecule has 0 saturated carbocycles. The third kappa shape index (κ3) is 3.73. The van der Waals surface area contributed by atoms with Crippen molar-refractivity contribution in [2.24, 2.45) is 0 Å². The van der Waals surface area contributed by atoms with Crippen LogP contribution in [0.3, 0.4) is 0 Å². The molecule has 2 atom stereocenters. The molecule has 0 amide bonds. The standard InChI is InChI=1S/C17H18ClNO6S/c18-16-11-5-6-19-13(8-26(23,24)25)15(9-1-3-10(20)4-2-9)12(11)7-14(21)17(16)22/h1-4,7,13,15,19-22H,5-6,8H2,(H,23,24,25). The predicted molar refractivity (Wildman–Crippen MR) is 96.6 cm³/mol. The fraction of sp³-hybridized carbons (Fsp3) is 0.294. The molecular weight excluding hydrogens is 382 g/mol. The van der Waals surface area contributed by atoms with Gasteiger partial charge in [-0.3, -0.25) is 4.55 Å². The van der Waals surface area contributed by atoms with Gasteiger partial charge in [-0.25, -0.2) is 0 Å². The summed E-state index contributed by atoms with van der Waals surface area (Å²) in [5, 5.41) is 32.6. The van der Waals surface area contributed by atoms with E-state index >= 15 is 0 Å². The number of phenolic OH excluding ortho intramolecular Hbond substituents is 3. The molecule has 1 aliphatic rings. The molecule has 5 N–H and O–H groups in total. The first-order valence-electron chi connectivity index (χ1n) is 7.88. The Labute approximate surface area is 155 Å². The Balaban J connectivity index is 2.22. The minimum Gasteiger partial charge on any atom is -0.508 e. The maximum atomic E-state index is 11.5. The van der Waals surface area contributed by atoms with Crippen LogP contribution >= 0.6 is 11.6 Å². The van der Waals surface area contributed by atoms with Crippen molar-refractivity contribution in [2.45, 2.75) is 18.4 Å². The Kier molecular flexibility index (Phi) is 5.03. The molecule has 0 aliphatic carbocycles. The Bertz CT molecular complexity index is 929. The van der Waals surface area contributed by atoms with Gasteiger partial charge in [0, 0.05) is 12.0 Å². The van der Waals surface area contributed by atoms with Gasteiger partial charge in [0.2, 0.25) is 0 Å². The third-order valence-corrected chi connectivity index (χ3v) is 5.70. The number of nitrogens with one attached hydrogen (secondary N) is 1. The average molecular weight is 400 g/mol. The lowest BCUT2D eigenvalue weighted by molar-refractivity contribution is 0.402. The van der Waals surface area contributed by atoms with Crippen LogP contribution in [0.25, 0.3) is 0 Å². The second-order valence-corrected chi connectivity index (χ2v) is 8.13. The highest BCUT2D eigenvalue weighted by Gasteiger charge is 2.34. The number of benzene rings is 2. The lowest BCUT2D eigenvalue weighted by Crippen LogP contribution is -2.40. The van der Waals surface area contributed by atoms with E-state index in [1.54, 1.807) is 12.1 Å². The topological polar surface area (TPSA) is 127 Å². The SMILES string of the molecule is O=S(=O)(O)CC1NCCc2c(cc(O)c(O)c2Cl)C1c1ccc(O)cc1. The van der Waals surface area contributed by atoms with Gasteiger partial charge in [-0.1, -0.05) is 23.7 Å². The van der Waals surface area contributed by atoms with Crippen molar-refractivity contribution in [3.05, 3.63) is 52.0 Å². The maximum Gasteiger partial charge on any atom is 0.266 e. The summed E-state index contributed by atoms with van der Waals surface area (Å²) in [7, 11) is -4.28. The monoisotopic (exact) mass is 399 g/mol. The highest BCUT2D eigenvalue weighted by Crippen LogP contribution is 2.44. The van der Waals surface area contributed by atoms with Crippen molar-refractivity contribution in [2.75, 3.05) is 12.3 Å². The second kappa shape index (κ2) is 6.96. The molecule has 0 spiro atoms. The van der Waals surface area contributed by atoms with Gasteiger partial charge in [-0.05, 0) is 47.9 Å². The first-order valence-corrected chi connectivity index (χ1v) is 9.86. The van der Waals surface area contributed by atoms with E-state index in [9.17, 15) is 28.3 Å². The van der Waals surface area contributed by atoms with Gasteiger partial charge in [0.1, 0.15) is 5.75 Å². The van der Waals surface area contributed by atoms with Gasteiger partial charge in [0.15, 0.2) is 11.5 Å². The first kappa shape index (κ1) is 18.8. The van der Waals surface area contributed by atoms with Crippen LogP contribution < -0.4 is 5.32 Å². The van der Waals surface area contributed by atoms with Gasteiger partial charge in [0.05, 0.1) is 10.8 Å². The quantitative estimate of drug-likeness (QED) is 0.394. The van der Waals surface area contributed by atoms with Gasteiger partial charge in [-0.15, -0.1) is 0 Å². The molecule has 0 bridgehead atoms. The molecule has 3 rings (SSSR count). The molecule has 0 aromatic heterocycles. The van der Waals surface area contributed by atoms with Crippen molar-refractivity contribution in [1.29, 1.82) is 0 Å². The molecule has 0 fully saturated rings. The molecule has 26 heavy (non-hydrogen) atoms. The van der Waals surface area contributed by atoms with E-state index in [4.69, 9.17) is 11.6 Å². The number of rotatable bonds is 3. The average Bonchev–Trinajstić information content (AvgIpc) is 2.72. The maximum absolute atomic E-state index is 11.5. The van der Waals surface area contributed by atoms with Crippen LogP contribution in [0.5, 0.6) is 17.2 Å². The molecular formula is C17H18ClNO6S. The van der Waals surface area contributed by atoms with Crippen LogP contribution in [0.1, 0.15) is 22.6 Å². The van der Waals surface area contributed by atoms with Crippen molar-refractivity contribution < 1.29 is 28.3 Å². The first-order chi connectivity index (χ1) is 12.2. The van der Waals surface area contributed by atoms with E-state index in [-0.39, 0.29) is 10.8 Å². The third-order valence-electron chi connectivity index (χ3n) is 4.52. The number of aromatic hydroxyl groups is 3. The highest BCUT2D eigenvalue weighted by molar-refractivity contribution is 7.85. The summed E-state index contributed by atoms with van der Waals surface area (Å²) in [6.45, 7) is 0.367. The minimum atomic E-state index is -4.28. The number of hydrogen-bond acceptors (Lipinski definition) is 6. The summed E-state index contributed by atoms with van der Waals surface area (Å²) in [6.07, 6.45) is 0.401. The molecule has 2 unspecified atom stereocenters. The summed E-state index contributed by atoms with van der Waals surface area (Å²) in [6, 6.07) is 6.85. The number of hydrogen-bond donors (Lipinski definition) is 5. The van der Waals surface area contributed by atoms with Gasteiger partial charge in [0.25, 0.3) is 10.1 Å². The molecule has 140 valence electrons. The van der Waals surface area contributed by atoms with E-state index < -0.39 is 39.3 Å². The van der Waals surface area contributed by atoms with Gasteiger partial charge < -0.3 is 20.6 Å². The Morgan fingerprint density at radius 1 is 1.15 bits per heavy atom. The van der Waals surface area contributed by atoms with Crippen LogP contribution in [0, 0.1) is 0 Å². The molecule has 9 heteroatoms. The van der Waals surface area contributed by atoms with Crippen LogP contribution in [-0.4, -0.2) is 46.6 Å². The van der Waals surface area contributed by atoms with Crippen LogP contribution in [-0.2, 0) is 16.5 Å². The van der Waals surface area contributed by atoms with Gasteiger partial charge in [-0.2, -0.15) is 8.42 Å². The molecule has 0 radical (unpaired) electrons. The zero-order chi connectivity index (χ0) is 19.1. The lowest BCUT2D eigenvalue weighted by Gasteiger charge is -2.27. The lowest BCUT2D eigenvalue weighted by atomic mass is 9.83. The predicted octanol–water partition coefficient (Wildman–Crippen LogP) is 1.99. The zero-order valence-electron chi connectivity index (χ0n) is 13.6. The van der Waals surface area contributed by atoms with E-state index in [0.29, 0.717) is 29.7 Å². The molecule has 1 aliphatic heterocycles. The smallest absolute Gasteiger partial charge is 0.266 e. The zero-order valence-corrected chi connectivity index (χ0v) is 15.1. The number of fused-ring (bicyclic) bond motifs is 1. The summed E-state index contributed by atoms with van der Waals surface area (Å²) < 4.78 is 32.4. The number of phenols is 3. The number of halogens is 1. The Hall–Kier alpha value is -2.00.